The molecule has 1 aliphatic heterocycles. The molecule has 0 bridgehead atoms. The number of aryl methyl sites for hydroxylation is 1. The average molecular weight is 340 g/mol. The fourth-order valence-electron chi connectivity index (χ4n) is 3.49. The van der Waals surface area contributed by atoms with Crippen LogP contribution in [0.15, 0.2) is 48.5 Å². The minimum Gasteiger partial charge on any atom is -0.303 e. The van der Waals surface area contributed by atoms with Crippen LogP contribution in [-0.4, -0.2) is 16.6 Å². The molecule has 122 valence electrons. The molecule has 2 fully saturated rings. The molecule has 0 radical (unpaired) electrons. The number of anilines is 2. The van der Waals surface area contributed by atoms with E-state index >= 15 is 0 Å². The number of nitrogens with zero attached hydrogens (tertiary/aromatic N) is 2. The second-order valence-electron chi connectivity index (χ2n) is 6.46. The third kappa shape index (κ3) is 2.08. The third-order valence-corrected chi connectivity index (χ3v) is 5.33. The summed E-state index contributed by atoms with van der Waals surface area (Å²) in [5, 5.41) is 0.468. The predicted octanol–water partition coefficient (Wildman–Crippen LogP) is 4.19. The Balaban J connectivity index is 1.79. The van der Waals surface area contributed by atoms with Gasteiger partial charge < -0.3 is 4.90 Å². The van der Waals surface area contributed by atoms with Gasteiger partial charge in [-0.2, -0.15) is 0 Å². The molecule has 5 heteroatoms. The minimum absolute atomic E-state index is 0.00840. The fraction of sp³-hybridized carbons (Fsp3) is 0.263. The molecule has 1 amide bonds. The molecule has 0 N–H and O–H groups in total. The van der Waals surface area contributed by atoms with Crippen LogP contribution in [-0.2, 0) is 4.79 Å². The second kappa shape index (κ2) is 5.38. The van der Waals surface area contributed by atoms with Crippen molar-refractivity contribution in [3.63, 3.8) is 0 Å². The van der Waals surface area contributed by atoms with Gasteiger partial charge in [-0.25, -0.2) is 4.39 Å². The number of hydrogen-bond donors (Lipinski definition) is 0. The van der Waals surface area contributed by atoms with Crippen molar-refractivity contribution in [1.29, 1.82) is 0 Å². The van der Waals surface area contributed by atoms with E-state index in [1.54, 1.807) is 17.0 Å². The van der Waals surface area contributed by atoms with E-state index in [2.05, 4.69) is 0 Å². The molecular weight excluding hydrogens is 323 g/mol. The highest BCUT2D eigenvalue weighted by molar-refractivity contribution is 7.81. The number of carbonyl (C=O) groups is 1. The van der Waals surface area contributed by atoms with Gasteiger partial charge in [-0.3, -0.25) is 9.69 Å². The maximum absolute atomic E-state index is 13.2. The fourth-order valence-corrected chi connectivity index (χ4v) is 3.96. The van der Waals surface area contributed by atoms with Crippen LogP contribution < -0.4 is 9.80 Å². The zero-order valence-corrected chi connectivity index (χ0v) is 14.1. The Morgan fingerprint density at radius 1 is 1.00 bits per heavy atom. The number of benzene rings is 2. The summed E-state index contributed by atoms with van der Waals surface area (Å²) in [4.78, 5) is 16.7. The van der Waals surface area contributed by atoms with Crippen LogP contribution >= 0.6 is 12.2 Å². The highest BCUT2D eigenvalue weighted by Gasteiger charge is 2.59. The SMILES string of the molecule is Cc1ccc(N2C(=S)N(c3ccc(F)cc3)C(=O)C23CCC3)cc1. The lowest BCUT2D eigenvalue weighted by atomic mass is 9.75. The summed E-state index contributed by atoms with van der Waals surface area (Å²) < 4.78 is 13.2. The quantitative estimate of drug-likeness (QED) is 0.766. The van der Waals surface area contributed by atoms with Crippen LogP contribution in [0.3, 0.4) is 0 Å². The molecule has 4 rings (SSSR count). The van der Waals surface area contributed by atoms with E-state index in [9.17, 15) is 9.18 Å². The summed E-state index contributed by atoms with van der Waals surface area (Å²) in [6.07, 6.45) is 2.59. The van der Waals surface area contributed by atoms with Crippen molar-refractivity contribution in [3.8, 4) is 0 Å². The van der Waals surface area contributed by atoms with E-state index in [0.29, 0.717) is 10.8 Å². The van der Waals surface area contributed by atoms with E-state index in [4.69, 9.17) is 12.2 Å². The smallest absolute Gasteiger partial charge is 0.259 e. The van der Waals surface area contributed by atoms with Gasteiger partial charge in [0.2, 0.25) is 0 Å². The van der Waals surface area contributed by atoms with Gasteiger partial charge in [-0.05, 0) is 74.8 Å². The van der Waals surface area contributed by atoms with Gasteiger partial charge in [0.15, 0.2) is 5.11 Å². The van der Waals surface area contributed by atoms with Crippen molar-refractivity contribution >= 4 is 34.6 Å². The van der Waals surface area contributed by atoms with E-state index in [-0.39, 0.29) is 11.7 Å². The molecule has 3 nitrogen and oxygen atoms in total. The van der Waals surface area contributed by atoms with Gasteiger partial charge in [0.25, 0.3) is 5.91 Å². The van der Waals surface area contributed by atoms with Crippen LogP contribution in [0.25, 0.3) is 0 Å². The van der Waals surface area contributed by atoms with Gasteiger partial charge in [-0.1, -0.05) is 17.7 Å². The molecule has 1 aliphatic carbocycles. The van der Waals surface area contributed by atoms with Gasteiger partial charge in [0, 0.05) is 5.69 Å². The first-order valence-electron chi connectivity index (χ1n) is 8.04. The molecule has 24 heavy (non-hydrogen) atoms. The lowest BCUT2D eigenvalue weighted by Crippen LogP contribution is -2.55. The van der Waals surface area contributed by atoms with Gasteiger partial charge >= 0.3 is 0 Å². The number of halogens is 1. The van der Waals surface area contributed by atoms with Crippen molar-refractivity contribution in [2.75, 3.05) is 9.80 Å². The summed E-state index contributed by atoms with van der Waals surface area (Å²) in [5.74, 6) is -0.337. The summed E-state index contributed by atoms with van der Waals surface area (Å²) in [7, 11) is 0. The van der Waals surface area contributed by atoms with Crippen LogP contribution in [0.5, 0.6) is 0 Å². The molecule has 0 atom stereocenters. The van der Waals surface area contributed by atoms with Gasteiger partial charge in [0.05, 0.1) is 5.69 Å². The summed E-state index contributed by atoms with van der Waals surface area (Å²) in [6.45, 7) is 2.03. The number of carbonyl (C=O) groups excluding carboxylic acids is 1. The number of hydrogen-bond acceptors (Lipinski definition) is 2. The third-order valence-electron chi connectivity index (χ3n) is 4.97. The lowest BCUT2D eigenvalue weighted by molar-refractivity contribution is -0.123. The Morgan fingerprint density at radius 3 is 2.12 bits per heavy atom. The Labute approximate surface area is 145 Å². The summed E-state index contributed by atoms with van der Waals surface area (Å²) >= 11 is 5.66. The van der Waals surface area contributed by atoms with Crippen LogP contribution in [0.1, 0.15) is 24.8 Å². The maximum Gasteiger partial charge on any atom is 0.259 e. The second-order valence-corrected chi connectivity index (χ2v) is 6.82. The highest BCUT2D eigenvalue weighted by atomic mass is 32.1. The first-order valence-corrected chi connectivity index (χ1v) is 8.45. The Bertz CT molecular complexity index is 812. The maximum atomic E-state index is 13.2. The van der Waals surface area contributed by atoms with Crippen LogP contribution in [0, 0.1) is 12.7 Å². The Hall–Kier alpha value is -2.27. The van der Waals surface area contributed by atoms with Crippen molar-refractivity contribution in [1.82, 2.24) is 0 Å². The van der Waals surface area contributed by atoms with Crippen molar-refractivity contribution in [2.45, 2.75) is 31.7 Å². The van der Waals surface area contributed by atoms with Crippen LogP contribution in [0.4, 0.5) is 15.8 Å². The molecule has 1 saturated heterocycles. The monoisotopic (exact) mass is 340 g/mol. The first kappa shape index (κ1) is 15.3. The van der Waals surface area contributed by atoms with E-state index in [0.717, 1.165) is 30.5 Å². The standard InChI is InChI=1S/C19H17FN2OS/c1-13-3-7-16(8-4-13)22-18(24)21(15-9-5-14(20)6-10-15)17(23)19(22)11-2-12-19/h3-10H,2,11-12H2,1H3. The van der Waals surface area contributed by atoms with Gasteiger partial charge in [0.1, 0.15) is 11.4 Å². The highest BCUT2D eigenvalue weighted by Crippen LogP contribution is 2.47. The normalized spacial score (nSPS) is 19.1. The topological polar surface area (TPSA) is 23.6 Å². The van der Waals surface area contributed by atoms with Gasteiger partial charge in [-0.15, -0.1) is 0 Å². The zero-order valence-electron chi connectivity index (χ0n) is 13.3. The van der Waals surface area contributed by atoms with Crippen molar-refractivity contribution < 1.29 is 9.18 Å². The van der Waals surface area contributed by atoms with E-state index < -0.39 is 5.54 Å². The Morgan fingerprint density at radius 2 is 1.58 bits per heavy atom. The number of amides is 1. The first-order chi connectivity index (χ1) is 11.5. The molecule has 0 unspecified atom stereocenters. The average Bonchev–Trinajstić information content (AvgIpc) is 2.77. The van der Waals surface area contributed by atoms with Crippen LogP contribution in [0.2, 0.25) is 0 Å². The molecular formula is C19H17FN2OS. The molecule has 2 aromatic rings. The molecule has 2 aliphatic rings. The lowest BCUT2D eigenvalue weighted by Gasteiger charge is -2.43. The Kier molecular flexibility index (Phi) is 3.42. The number of rotatable bonds is 2. The molecule has 2 aromatic carbocycles. The summed E-state index contributed by atoms with van der Waals surface area (Å²) in [6, 6.07) is 14.0. The minimum atomic E-state index is -0.583. The summed E-state index contributed by atoms with van der Waals surface area (Å²) in [5.41, 5.74) is 2.13. The zero-order chi connectivity index (χ0) is 16.9. The van der Waals surface area contributed by atoms with Crippen molar-refractivity contribution in [3.05, 3.63) is 59.9 Å². The largest absolute Gasteiger partial charge is 0.303 e. The van der Waals surface area contributed by atoms with E-state index in [1.807, 2.05) is 36.1 Å². The molecule has 0 aromatic heterocycles. The molecule has 1 heterocycles. The molecule has 1 saturated carbocycles. The molecule has 1 spiro atoms. The van der Waals surface area contributed by atoms with E-state index in [1.165, 1.54) is 12.1 Å². The predicted molar refractivity (Wildman–Crippen MR) is 96.7 cm³/mol. The van der Waals surface area contributed by atoms with Crippen molar-refractivity contribution in [2.24, 2.45) is 0 Å². The number of thiocarbonyl (C=S) groups is 1.